The van der Waals surface area contributed by atoms with Gasteiger partial charge in [-0.25, -0.2) is 8.42 Å². The van der Waals surface area contributed by atoms with Crippen molar-refractivity contribution in [3.63, 3.8) is 0 Å². The van der Waals surface area contributed by atoms with E-state index < -0.39 is 15.8 Å². The molecule has 0 aliphatic carbocycles. The van der Waals surface area contributed by atoms with E-state index >= 15 is 0 Å². The molecule has 17 heavy (non-hydrogen) atoms. The Bertz CT molecular complexity index is 308. The van der Waals surface area contributed by atoms with Crippen molar-refractivity contribution < 1.29 is 17.9 Å². The molecule has 0 heterocycles. The summed E-state index contributed by atoms with van der Waals surface area (Å²) in [5, 5.41) is 0. The zero-order chi connectivity index (χ0) is 13.3. The lowest BCUT2D eigenvalue weighted by Gasteiger charge is -2.14. The molecule has 0 rings (SSSR count). The van der Waals surface area contributed by atoms with Gasteiger partial charge in [0.15, 0.2) is 0 Å². The van der Waals surface area contributed by atoms with Crippen LogP contribution in [0.25, 0.3) is 0 Å². The smallest absolute Gasteiger partial charge is 0.306 e. The van der Waals surface area contributed by atoms with E-state index in [0.717, 1.165) is 31.9 Å². The molecule has 1 atom stereocenters. The van der Waals surface area contributed by atoms with Gasteiger partial charge < -0.3 is 4.74 Å². The number of sulfone groups is 1. The first-order chi connectivity index (χ1) is 7.89. The van der Waals surface area contributed by atoms with Gasteiger partial charge in [0.2, 0.25) is 0 Å². The summed E-state index contributed by atoms with van der Waals surface area (Å²) < 4.78 is 26.8. The first kappa shape index (κ1) is 16.4. The van der Waals surface area contributed by atoms with Gasteiger partial charge in [-0.15, -0.1) is 0 Å². The van der Waals surface area contributed by atoms with Crippen molar-refractivity contribution in [2.45, 2.75) is 46.0 Å². The van der Waals surface area contributed by atoms with Crippen LogP contribution in [0, 0.1) is 5.92 Å². The Labute approximate surface area is 105 Å². The second-order valence-corrected chi connectivity index (χ2v) is 6.74. The van der Waals surface area contributed by atoms with Crippen molar-refractivity contribution in [2.75, 3.05) is 18.6 Å². The largest absolute Gasteiger partial charge is 0.465 e. The van der Waals surface area contributed by atoms with Gasteiger partial charge in [0.1, 0.15) is 9.84 Å². The molecule has 0 radical (unpaired) electrons. The highest BCUT2D eigenvalue weighted by atomic mass is 32.2. The van der Waals surface area contributed by atoms with Crippen molar-refractivity contribution in [3.8, 4) is 0 Å². The summed E-state index contributed by atoms with van der Waals surface area (Å²) in [5.41, 5.74) is 0. The molecular weight excluding hydrogens is 240 g/mol. The SMILES string of the molecule is CCCCC(CC)COC(=O)CCS(C)(=O)=O. The van der Waals surface area contributed by atoms with Crippen LogP contribution in [0.4, 0.5) is 0 Å². The maximum Gasteiger partial charge on any atom is 0.306 e. The van der Waals surface area contributed by atoms with Crippen molar-refractivity contribution in [1.82, 2.24) is 0 Å². The van der Waals surface area contributed by atoms with E-state index in [1.54, 1.807) is 0 Å². The lowest BCUT2D eigenvalue weighted by Crippen LogP contribution is -2.16. The fourth-order valence-corrected chi connectivity index (χ4v) is 1.99. The minimum atomic E-state index is -3.08. The van der Waals surface area contributed by atoms with E-state index in [1.165, 1.54) is 0 Å². The highest BCUT2D eigenvalue weighted by molar-refractivity contribution is 7.90. The molecular formula is C12H24O4S. The normalized spacial score (nSPS) is 13.4. The summed E-state index contributed by atoms with van der Waals surface area (Å²) in [4.78, 5) is 11.3. The van der Waals surface area contributed by atoms with Crippen molar-refractivity contribution >= 4 is 15.8 Å². The third-order valence-corrected chi connectivity index (χ3v) is 3.65. The maximum atomic E-state index is 11.3. The molecule has 0 N–H and O–H groups in total. The van der Waals surface area contributed by atoms with Crippen LogP contribution in [-0.4, -0.2) is 33.0 Å². The van der Waals surface area contributed by atoms with Crippen LogP contribution in [0.2, 0.25) is 0 Å². The van der Waals surface area contributed by atoms with Crippen molar-refractivity contribution in [3.05, 3.63) is 0 Å². The molecule has 102 valence electrons. The van der Waals surface area contributed by atoms with Crippen LogP contribution in [-0.2, 0) is 19.4 Å². The number of carbonyl (C=O) groups excluding carboxylic acids is 1. The summed E-state index contributed by atoms with van der Waals surface area (Å²) in [6.07, 6.45) is 5.41. The summed E-state index contributed by atoms with van der Waals surface area (Å²) >= 11 is 0. The molecule has 0 aromatic carbocycles. The lowest BCUT2D eigenvalue weighted by atomic mass is 10.0. The number of unbranched alkanes of at least 4 members (excludes halogenated alkanes) is 1. The van der Waals surface area contributed by atoms with Gasteiger partial charge in [0.05, 0.1) is 18.8 Å². The van der Waals surface area contributed by atoms with Gasteiger partial charge in [-0.3, -0.25) is 4.79 Å². The number of hydrogen-bond acceptors (Lipinski definition) is 4. The van der Waals surface area contributed by atoms with Crippen molar-refractivity contribution in [1.29, 1.82) is 0 Å². The van der Waals surface area contributed by atoms with E-state index in [4.69, 9.17) is 4.74 Å². The Kier molecular flexibility index (Phi) is 8.21. The molecule has 0 aliphatic heterocycles. The van der Waals surface area contributed by atoms with Gasteiger partial charge in [0, 0.05) is 6.26 Å². The molecule has 0 aromatic rings. The fourth-order valence-electron chi connectivity index (χ4n) is 1.45. The highest BCUT2D eigenvalue weighted by Crippen LogP contribution is 2.13. The number of hydrogen-bond donors (Lipinski definition) is 0. The Morgan fingerprint density at radius 2 is 1.94 bits per heavy atom. The zero-order valence-electron chi connectivity index (χ0n) is 11.1. The molecule has 0 saturated heterocycles. The zero-order valence-corrected chi connectivity index (χ0v) is 11.9. The summed E-state index contributed by atoms with van der Waals surface area (Å²) in [6, 6.07) is 0. The van der Waals surface area contributed by atoms with Crippen LogP contribution < -0.4 is 0 Å². The Morgan fingerprint density at radius 1 is 1.29 bits per heavy atom. The number of rotatable bonds is 9. The summed E-state index contributed by atoms with van der Waals surface area (Å²) in [5.74, 6) is -0.139. The van der Waals surface area contributed by atoms with E-state index in [2.05, 4.69) is 13.8 Å². The van der Waals surface area contributed by atoms with Crippen LogP contribution in [0.5, 0.6) is 0 Å². The molecule has 4 nitrogen and oxygen atoms in total. The van der Waals surface area contributed by atoms with E-state index in [-0.39, 0.29) is 12.2 Å². The second-order valence-electron chi connectivity index (χ2n) is 4.48. The van der Waals surface area contributed by atoms with Crippen molar-refractivity contribution in [2.24, 2.45) is 5.92 Å². The third kappa shape index (κ3) is 10.3. The molecule has 0 amide bonds. The van der Waals surface area contributed by atoms with Crippen LogP contribution in [0.3, 0.4) is 0 Å². The lowest BCUT2D eigenvalue weighted by molar-refractivity contribution is -0.144. The molecule has 0 saturated carbocycles. The highest BCUT2D eigenvalue weighted by Gasteiger charge is 2.12. The average molecular weight is 264 g/mol. The molecule has 0 fully saturated rings. The van der Waals surface area contributed by atoms with Gasteiger partial charge in [0.25, 0.3) is 0 Å². The average Bonchev–Trinajstić information content (AvgIpc) is 2.25. The topological polar surface area (TPSA) is 60.4 Å². The number of esters is 1. The third-order valence-electron chi connectivity index (χ3n) is 2.70. The Hall–Kier alpha value is -0.580. The monoisotopic (exact) mass is 264 g/mol. The van der Waals surface area contributed by atoms with E-state index in [0.29, 0.717) is 12.5 Å². The fraction of sp³-hybridized carbons (Fsp3) is 0.917. The molecule has 1 unspecified atom stereocenters. The molecule has 0 bridgehead atoms. The van der Waals surface area contributed by atoms with Crippen LogP contribution in [0.1, 0.15) is 46.0 Å². The molecule has 5 heteroatoms. The van der Waals surface area contributed by atoms with Crippen LogP contribution in [0.15, 0.2) is 0 Å². The minimum absolute atomic E-state index is 0.0386. The minimum Gasteiger partial charge on any atom is -0.465 e. The molecule has 0 aromatic heterocycles. The summed E-state index contributed by atoms with van der Waals surface area (Å²) in [7, 11) is -3.08. The Balaban J connectivity index is 3.81. The molecule has 0 aliphatic rings. The van der Waals surface area contributed by atoms with Gasteiger partial charge in [-0.2, -0.15) is 0 Å². The van der Waals surface area contributed by atoms with E-state index in [9.17, 15) is 13.2 Å². The Morgan fingerprint density at radius 3 is 2.41 bits per heavy atom. The number of carbonyl (C=O) groups is 1. The van der Waals surface area contributed by atoms with E-state index in [1.807, 2.05) is 0 Å². The van der Waals surface area contributed by atoms with Gasteiger partial charge >= 0.3 is 5.97 Å². The number of ether oxygens (including phenoxy) is 1. The molecule has 0 spiro atoms. The first-order valence-electron chi connectivity index (χ1n) is 6.22. The second kappa shape index (κ2) is 8.50. The first-order valence-corrected chi connectivity index (χ1v) is 8.28. The predicted octanol–water partition coefficient (Wildman–Crippen LogP) is 2.18. The van der Waals surface area contributed by atoms with Crippen LogP contribution >= 0.6 is 0 Å². The quantitative estimate of drug-likeness (QED) is 0.599. The summed E-state index contributed by atoms with van der Waals surface area (Å²) in [6.45, 7) is 4.62. The predicted molar refractivity (Wildman–Crippen MR) is 68.6 cm³/mol. The standard InChI is InChI=1S/C12H24O4S/c1-4-6-7-11(5-2)10-16-12(13)8-9-17(3,14)15/h11H,4-10H2,1-3H3. The maximum absolute atomic E-state index is 11.3. The van der Waals surface area contributed by atoms with Gasteiger partial charge in [-0.05, 0) is 12.3 Å². The van der Waals surface area contributed by atoms with Gasteiger partial charge in [-0.1, -0.05) is 33.1 Å².